The van der Waals surface area contributed by atoms with Crippen molar-refractivity contribution in [3.63, 3.8) is 0 Å². The molecule has 1 aromatic rings. The lowest BCUT2D eigenvalue weighted by Gasteiger charge is -2.23. The summed E-state index contributed by atoms with van der Waals surface area (Å²) in [6, 6.07) is 4.92. The molecule has 2 unspecified atom stereocenters. The molecule has 1 saturated heterocycles. The molecule has 0 aliphatic carbocycles. The van der Waals surface area contributed by atoms with Crippen molar-refractivity contribution in [2.24, 2.45) is 11.8 Å². The van der Waals surface area contributed by atoms with Crippen LogP contribution in [-0.2, 0) is 16.3 Å². The molecule has 3 nitrogen and oxygen atoms in total. The van der Waals surface area contributed by atoms with Crippen molar-refractivity contribution in [1.82, 2.24) is 5.32 Å². The molecular weight excluding hydrogens is 357 g/mol. The average Bonchev–Trinajstić information content (AvgIpc) is 2.78. The topological polar surface area (TPSA) is 46.2 Å². The van der Waals surface area contributed by atoms with E-state index >= 15 is 0 Å². The molecular formula is C15H21BrFNO2S. The SMILES string of the molecule is CCNCC(Cc1cc(Br)ccc1F)C1CCS(=O)(=O)C1. The second-order valence-corrected chi connectivity index (χ2v) is 8.82. The largest absolute Gasteiger partial charge is 0.317 e. The van der Waals surface area contributed by atoms with Crippen molar-refractivity contribution in [3.8, 4) is 0 Å². The van der Waals surface area contributed by atoms with E-state index in [1.165, 1.54) is 6.07 Å². The Kier molecular flexibility index (Phi) is 5.80. The minimum absolute atomic E-state index is 0.118. The maximum Gasteiger partial charge on any atom is 0.150 e. The van der Waals surface area contributed by atoms with Crippen LogP contribution in [0.1, 0.15) is 18.9 Å². The molecule has 1 aromatic carbocycles. The van der Waals surface area contributed by atoms with Gasteiger partial charge in [0.15, 0.2) is 9.84 Å². The first-order valence-corrected chi connectivity index (χ1v) is 9.88. The number of halogens is 2. The van der Waals surface area contributed by atoms with Gasteiger partial charge in [-0.25, -0.2) is 12.8 Å². The molecule has 21 heavy (non-hydrogen) atoms. The fraction of sp³-hybridized carbons (Fsp3) is 0.600. The third-order valence-corrected chi connectivity index (χ3v) is 6.37. The first-order chi connectivity index (χ1) is 9.91. The Morgan fingerprint density at radius 2 is 2.24 bits per heavy atom. The van der Waals surface area contributed by atoms with Crippen LogP contribution in [0.5, 0.6) is 0 Å². The molecule has 118 valence electrons. The average molecular weight is 378 g/mol. The van der Waals surface area contributed by atoms with Crippen LogP contribution in [0.2, 0.25) is 0 Å². The maximum atomic E-state index is 13.9. The second-order valence-electron chi connectivity index (χ2n) is 5.67. The molecule has 1 aliphatic heterocycles. The zero-order chi connectivity index (χ0) is 15.5. The van der Waals surface area contributed by atoms with Gasteiger partial charge in [0.05, 0.1) is 11.5 Å². The van der Waals surface area contributed by atoms with Crippen LogP contribution in [0.25, 0.3) is 0 Å². The normalized spacial score (nSPS) is 22.3. The van der Waals surface area contributed by atoms with E-state index in [0.29, 0.717) is 18.4 Å². The van der Waals surface area contributed by atoms with E-state index in [1.54, 1.807) is 12.1 Å². The van der Waals surface area contributed by atoms with Gasteiger partial charge in [0, 0.05) is 4.47 Å². The molecule has 0 aromatic heterocycles. The van der Waals surface area contributed by atoms with E-state index in [9.17, 15) is 12.8 Å². The summed E-state index contributed by atoms with van der Waals surface area (Å²) in [5, 5.41) is 3.28. The highest BCUT2D eigenvalue weighted by molar-refractivity contribution is 9.10. The number of rotatable bonds is 6. The van der Waals surface area contributed by atoms with Gasteiger partial charge in [0.1, 0.15) is 5.82 Å². The summed E-state index contributed by atoms with van der Waals surface area (Å²) in [5.41, 5.74) is 0.650. The maximum absolute atomic E-state index is 13.9. The zero-order valence-electron chi connectivity index (χ0n) is 12.1. The van der Waals surface area contributed by atoms with E-state index in [0.717, 1.165) is 17.6 Å². The minimum Gasteiger partial charge on any atom is -0.317 e. The van der Waals surface area contributed by atoms with E-state index in [4.69, 9.17) is 0 Å². The molecule has 2 rings (SSSR count). The van der Waals surface area contributed by atoms with Gasteiger partial charge >= 0.3 is 0 Å². The van der Waals surface area contributed by atoms with E-state index in [2.05, 4.69) is 21.2 Å². The fourth-order valence-corrected chi connectivity index (χ4v) is 5.24. The first kappa shape index (κ1) is 16.9. The Morgan fingerprint density at radius 3 is 2.86 bits per heavy atom. The van der Waals surface area contributed by atoms with E-state index < -0.39 is 9.84 Å². The summed E-state index contributed by atoms with van der Waals surface area (Å²) in [5.74, 6) is 0.541. The van der Waals surface area contributed by atoms with Crippen LogP contribution in [0.4, 0.5) is 4.39 Å². The van der Waals surface area contributed by atoms with Crippen molar-refractivity contribution < 1.29 is 12.8 Å². The van der Waals surface area contributed by atoms with Crippen molar-refractivity contribution >= 4 is 25.8 Å². The Morgan fingerprint density at radius 1 is 1.48 bits per heavy atom. The van der Waals surface area contributed by atoms with Crippen LogP contribution in [0.15, 0.2) is 22.7 Å². The van der Waals surface area contributed by atoms with Crippen LogP contribution < -0.4 is 5.32 Å². The third kappa shape index (κ3) is 4.76. The molecule has 0 amide bonds. The highest BCUT2D eigenvalue weighted by Crippen LogP contribution is 2.29. The minimum atomic E-state index is -2.91. The standard InChI is InChI=1S/C15H21BrFNO2S/c1-2-18-9-13(11-5-6-21(19,20)10-11)7-12-8-14(16)3-4-15(12)17/h3-4,8,11,13,18H,2,5-7,9-10H2,1H3. The molecule has 2 atom stereocenters. The van der Waals surface area contributed by atoms with Crippen LogP contribution >= 0.6 is 15.9 Å². The number of sulfone groups is 1. The third-order valence-electron chi connectivity index (χ3n) is 4.08. The molecule has 0 bridgehead atoms. The highest BCUT2D eigenvalue weighted by Gasteiger charge is 2.33. The van der Waals surface area contributed by atoms with Gasteiger partial charge in [-0.2, -0.15) is 0 Å². The second kappa shape index (κ2) is 7.20. The molecule has 1 heterocycles. The first-order valence-electron chi connectivity index (χ1n) is 7.26. The summed E-state index contributed by atoms with van der Waals surface area (Å²) in [6.45, 7) is 3.57. The molecule has 1 N–H and O–H groups in total. The predicted molar refractivity (Wildman–Crippen MR) is 86.6 cm³/mol. The number of hydrogen-bond donors (Lipinski definition) is 1. The van der Waals surface area contributed by atoms with Crippen molar-refractivity contribution in [2.45, 2.75) is 19.8 Å². The molecule has 6 heteroatoms. The van der Waals surface area contributed by atoms with Crippen LogP contribution in [-0.4, -0.2) is 33.0 Å². The molecule has 0 saturated carbocycles. The lowest BCUT2D eigenvalue weighted by Crippen LogP contribution is -2.30. The fourth-order valence-electron chi connectivity index (χ4n) is 2.91. The van der Waals surface area contributed by atoms with Crippen LogP contribution in [0, 0.1) is 17.7 Å². The Labute approximate surface area is 134 Å². The molecule has 1 fully saturated rings. The molecule has 1 aliphatic rings. The van der Waals surface area contributed by atoms with Gasteiger partial charge in [-0.15, -0.1) is 0 Å². The predicted octanol–water partition coefficient (Wildman–Crippen LogP) is 2.79. The van der Waals surface area contributed by atoms with Gasteiger partial charge in [-0.3, -0.25) is 0 Å². The van der Waals surface area contributed by atoms with Crippen molar-refractivity contribution in [1.29, 1.82) is 0 Å². The number of benzene rings is 1. The molecule has 0 radical (unpaired) electrons. The van der Waals surface area contributed by atoms with Crippen LogP contribution in [0.3, 0.4) is 0 Å². The van der Waals surface area contributed by atoms with Gasteiger partial charge in [0.2, 0.25) is 0 Å². The van der Waals surface area contributed by atoms with Crippen molar-refractivity contribution in [2.75, 3.05) is 24.6 Å². The quantitative estimate of drug-likeness (QED) is 0.828. The summed E-state index contributed by atoms with van der Waals surface area (Å²) in [7, 11) is -2.91. The Balaban J connectivity index is 2.14. The molecule has 0 spiro atoms. The zero-order valence-corrected chi connectivity index (χ0v) is 14.5. The van der Waals surface area contributed by atoms with Gasteiger partial charge in [-0.1, -0.05) is 22.9 Å². The summed E-state index contributed by atoms with van der Waals surface area (Å²) in [4.78, 5) is 0. The summed E-state index contributed by atoms with van der Waals surface area (Å²) < 4.78 is 38.2. The summed E-state index contributed by atoms with van der Waals surface area (Å²) in [6.07, 6.45) is 1.26. The summed E-state index contributed by atoms with van der Waals surface area (Å²) >= 11 is 3.36. The lowest BCUT2D eigenvalue weighted by atomic mass is 9.86. The van der Waals surface area contributed by atoms with Gasteiger partial charge in [-0.05, 0) is 61.5 Å². The Bertz CT molecular complexity index is 591. The highest BCUT2D eigenvalue weighted by atomic mass is 79.9. The monoisotopic (exact) mass is 377 g/mol. The number of nitrogens with one attached hydrogen (secondary N) is 1. The smallest absolute Gasteiger partial charge is 0.150 e. The Hall–Kier alpha value is -0.460. The lowest BCUT2D eigenvalue weighted by molar-refractivity contribution is 0.342. The van der Waals surface area contributed by atoms with E-state index in [-0.39, 0.29) is 29.2 Å². The number of hydrogen-bond acceptors (Lipinski definition) is 3. The van der Waals surface area contributed by atoms with E-state index in [1.807, 2.05) is 6.92 Å². The van der Waals surface area contributed by atoms with Gasteiger partial charge < -0.3 is 5.32 Å². The van der Waals surface area contributed by atoms with Crippen molar-refractivity contribution in [3.05, 3.63) is 34.1 Å². The van der Waals surface area contributed by atoms with Gasteiger partial charge in [0.25, 0.3) is 0 Å².